The van der Waals surface area contributed by atoms with E-state index in [9.17, 15) is 8.42 Å². The Labute approximate surface area is 115 Å². The lowest BCUT2D eigenvalue weighted by molar-refractivity contribution is 0.495. The third-order valence-electron chi connectivity index (χ3n) is 3.66. The second-order valence-corrected chi connectivity index (χ2v) is 7.14. The molecule has 1 aliphatic rings. The number of hydrogen-bond donors (Lipinski definition) is 2. The highest BCUT2D eigenvalue weighted by atomic mass is 32.2. The molecular formula is C14H22N2O2S. The summed E-state index contributed by atoms with van der Waals surface area (Å²) >= 11 is 0. The molecule has 0 aromatic heterocycles. The second-order valence-electron chi connectivity index (χ2n) is 5.34. The summed E-state index contributed by atoms with van der Waals surface area (Å²) in [6.45, 7) is 0.551. The maximum atomic E-state index is 11.9. The van der Waals surface area contributed by atoms with Crippen LogP contribution >= 0.6 is 0 Å². The smallest absolute Gasteiger partial charge is 0.215 e. The first-order valence-corrected chi connectivity index (χ1v) is 8.52. The van der Waals surface area contributed by atoms with Gasteiger partial charge < -0.3 is 5.73 Å². The zero-order chi connectivity index (χ0) is 13.7. The first-order valence-electron chi connectivity index (χ1n) is 6.87. The highest BCUT2D eigenvalue weighted by Crippen LogP contribution is 2.27. The third-order valence-corrected chi connectivity index (χ3v) is 5.01. The summed E-state index contributed by atoms with van der Waals surface area (Å²) in [5, 5.41) is 0. The average molecular weight is 282 g/mol. The largest absolute Gasteiger partial charge is 0.399 e. The van der Waals surface area contributed by atoms with E-state index in [4.69, 9.17) is 5.73 Å². The first kappa shape index (κ1) is 14.3. The molecule has 0 saturated heterocycles. The Bertz CT molecular complexity index is 508. The van der Waals surface area contributed by atoms with E-state index in [-0.39, 0.29) is 5.75 Å². The molecule has 0 amide bonds. The quantitative estimate of drug-likeness (QED) is 0.786. The maximum Gasteiger partial charge on any atom is 0.215 e. The number of sulfonamides is 1. The molecule has 0 spiro atoms. The van der Waals surface area contributed by atoms with Crippen LogP contribution in [0.1, 0.15) is 37.7 Å². The van der Waals surface area contributed by atoms with Gasteiger partial charge in [-0.25, -0.2) is 13.1 Å². The number of benzene rings is 1. The fraction of sp³-hybridized carbons (Fsp3) is 0.571. The van der Waals surface area contributed by atoms with Gasteiger partial charge in [-0.2, -0.15) is 0 Å². The second kappa shape index (κ2) is 6.39. The van der Waals surface area contributed by atoms with Gasteiger partial charge in [0.15, 0.2) is 0 Å². The first-order chi connectivity index (χ1) is 9.05. The fourth-order valence-electron chi connectivity index (χ4n) is 2.67. The Morgan fingerprint density at radius 2 is 2.00 bits per heavy atom. The van der Waals surface area contributed by atoms with Crippen molar-refractivity contribution in [3.05, 3.63) is 29.8 Å². The highest BCUT2D eigenvalue weighted by Gasteiger charge is 2.16. The van der Waals surface area contributed by atoms with Crippen LogP contribution in [0.15, 0.2) is 24.3 Å². The summed E-state index contributed by atoms with van der Waals surface area (Å²) in [6.07, 6.45) is 6.03. The van der Waals surface area contributed by atoms with Crippen LogP contribution in [0, 0.1) is 5.92 Å². The lowest BCUT2D eigenvalue weighted by Gasteiger charge is -2.10. The normalized spacial score (nSPS) is 16.8. The predicted octanol–water partition coefficient (Wildman–Crippen LogP) is 2.27. The monoisotopic (exact) mass is 282 g/mol. The summed E-state index contributed by atoms with van der Waals surface area (Å²) < 4.78 is 26.6. The highest BCUT2D eigenvalue weighted by molar-refractivity contribution is 7.88. The fourth-order valence-corrected chi connectivity index (χ4v) is 3.82. The van der Waals surface area contributed by atoms with E-state index >= 15 is 0 Å². The third kappa shape index (κ3) is 4.84. The molecule has 1 aromatic rings. The molecule has 1 aromatic carbocycles. The van der Waals surface area contributed by atoms with Crippen molar-refractivity contribution < 1.29 is 8.42 Å². The van der Waals surface area contributed by atoms with E-state index < -0.39 is 10.0 Å². The van der Waals surface area contributed by atoms with Gasteiger partial charge in [0, 0.05) is 12.2 Å². The summed E-state index contributed by atoms with van der Waals surface area (Å²) in [7, 11) is -3.25. The molecule has 2 rings (SSSR count). The Kier molecular flexibility index (Phi) is 4.82. The molecule has 0 bridgehead atoms. The lowest BCUT2D eigenvalue weighted by atomic mass is 10.1. The molecule has 4 nitrogen and oxygen atoms in total. The van der Waals surface area contributed by atoms with Gasteiger partial charge in [-0.15, -0.1) is 0 Å². The molecule has 5 heteroatoms. The van der Waals surface area contributed by atoms with Crippen molar-refractivity contribution in [2.45, 2.75) is 37.9 Å². The Morgan fingerprint density at radius 1 is 1.26 bits per heavy atom. The number of hydrogen-bond acceptors (Lipinski definition) is 3. The molecule has 0 atom stereocenters. The van der Waals surface area contributed by atoms with E-state index in [1.807, 2.05) is 0 Å². The SMILES string of the molecule is Nc1cccc(CS(=O)(=O)NCCC2CCCC2)c1. The minimum Gasteiger partial charge on any atom is -0.399 e. The topological polar surface area (TPSA) is 72.2 Å². The Balaban J connectivity index is 1.81. The van der Waals surface area contributed by atoms with Gasteiger partial charge in [0.1, 0.15) is 0 Å². The van der Waals surface area contributed by atoms with Crippen LogP contribution in [0.4, 0.5) is 5.69 Å². The molecule has 19 heavy (non-hydrogen) atoms. The van der Waals surface area contributed by atoms with E-state index in [0.717, 1.165) is 12.0 Å². The van der Waals surface area contributed by atoms with Crippen molar-refractivity contribution in [1.82, 2.24) is 4.72 Å². The summed E-state index contributed by atoms with van der Waals surface area (Å²) in [5.41, 5.74) is 6.97. The van der Waals surface area contributed by atoms with Gasteiger partial charge in [-0.05, 0) is 30.0 Å². The van der Waals surface area contributed by atoms with Gasteiger partial charge in [0.05, 0.1) is 5.75 Å². The van der Waals surface area contributed by atoms with Gasteiger partial charge >= 0.3 is 0 Å². The van der Waals surface area contributed by atoms with E-state index in [0.29, 0.717) is 18.2 Å². The minimum atomic E-state index is -3.25. The zero-order valence-corrected chi connectivity index (χ0v) is 12.0. The number of anilines is 1. The minimum absolute atomic E-state index is 0.00269. The number of nitrogens with one attached hydrogen (secondary N) is 1. The summed E-state index contributed by atoms with van der Waals surface area (Å²) in [4.78, 5) is 0. The van der Waals surface area contributed by atoms with Gasteiger partial charge in [0.2, 0.25) is 10.0 Å². The summed E-state index contributed by atoms with van der Waals surface area (Å²) in [6, 6.07) is 7.02. The molecule has 3 N–H and O–H groups in total. The van der Waals surface area contributed by atoms with Gasteiger partial charge in [-0.3, -0.25) is 0 Å². The van der Waals surface area contributed by atoms with Crippen molar-refractivity contribution in [2.75, 3.05) is 12.3 Å². The van der Waals surface area contributed by atoms with E-state index in [2.05, 4.69) is 4.72 Å². The van der Waals surface area contributed by atoms with E-state index in [1.165, 1.54) is 25.7 Å². The molecule has 1 saturated carbocycles. The number of nitrogens with two attached hydrogens (primary N) is 1. The van der Waals surface area contributed by atoms with Crippen molar-refractivity contribution >= 4 is 15.7 Å². The van der Waals surface area contributed by atoms with Crippen molar-refractivity contribution in [1.29, 1.82) is 0 Å². The molecule has 106 valence electrons. The van der Waals surface area contributed by atoms with Crippen LogP contribution in [0.2, 0.25) is 0 Å². The number of nitrogen functional groups attached to an aromatic ring is 1. The summed E-state index contributed by atoms with van der Waals surface area (Å²) in [5.74, 6) is 0.706. The molecule has 1 aliphatic carbocycles. The zero-order valence-electron chi connectivity index (χ0n) is 11.1. The van der Waals surface area contributed by atoms with Crippen LogP contribution in [-0.4, -0.2) is 15.0 Å². The average Bonchev–Trinajstić information content (AvgIpc) is 2.81. The van der Waals surface area contributed by atoms with Crippen LogP contribution in [0.25, 0.3) is 0 Å². The predicted molar refractivity (Wildman–Crippen MR) is 78.1 cm³/mol. The van der Waals surface area contributed by atoms with Crippen molar-refractivity contribution in [2.24, 2.45) is 5.92 Å². The van der Waals surface area contributed by atoms with Crippen molar-refractivity contribution in [3.63, 3.8) is 0 Å². The molecule has 0 heterocycles. The van der Waals surface area contributed by atoms with Crippen LogP contribution in [-0.2, 0) is 15.8 Å². The number of rotatable bonds is 6. The van der Waals surface area contributed by atoms with E-state index in [1.54, 1.807) is 24.3 Å². The molecule has 0 aliphatic heterocycles. The maximum absolute atomic E-state index is 11.9. The van der Waals surface area contributed by atoms with Crippen LogP contribution < -0.4 is 10.5 Å². The molecule has 1 fully saturated rings. The van der Waals surface area contributed by atoms with Crippen LogP contribution in [0.5, 0.6) is 0 Å². The van der Waals surface area contributed by atoms with Gasteiger partial charge in [-0.1, -0.05) is 37.8 Å². The molecule has 0 radical (unpaired) electrons. The van der Waals surface area contributed by atoms with Crippen LogP contribution in [0.3, 0.4) is 0 Å². The molecular weight excluding hydrogens is 260 g/mol. The standard InChI is InChI=1S/C14H22N2O2S/c15-14-7-3-6-13(10-14)11-19(17,18)16-9-8-12-4-1-2-5-12/h3,6-7,10,12,16H,1-2,4-5,8-9,11,15H2. The van der Waals surface area contributed by atoms with Gasteiger partial charge in [0.25, 0.3) is 0 Å². The van der Waals surface area contributed by atoms with Crippen molar-refractivity contribution in [3.8, 4) is 0 Å². The molecule has 0 unspecified atom stereocenters. The Morgan fingerprint density at radius 3 is 2.68 bits per heavy atom. The Hall–Kier alpha value is -1.07. The lowest BCUT2D eigenvalue weighted by Crippen LogP contribution is -2.27.